The third-order valence-electron chi connectivity index (χ3n) is 0.377. The Bertz CT molecular complexity index is 105. The predicted molar refractivity (Wildman–Crippen MR) is 38.6 cm³/mol. The van der Waals surface area contributed by atoms with Gasteiger partial charge in [-0.25, -0.2) is 4.57 Å². The van der Waals surface area contributed by atoms with Crippen molar-refractivity contribution in [1.82, 2.24) is 0 Å². The third-order valence-corrected chi connectivity index (χ3v) is 0.896. The molecule has 8 heteroatoms. The zero-order valence-corrected chi connectivity index (χ0v) is 11.0. The molecule has 0 saturated heterocycles. The van der Waals surface area contributed by atoms with Crippen molar-refractivity contribution in [2.24, 2.45) is 5.73 Å². The Labute approximate surface area is 104 Å². The molecule has 0 atom stereocenters. The first-order valence-corrected chi connectivity index (χ1v) is 3.49. The van der Waals surface area contributed by atoms with Crippen LogP contribution in [0.1, 0.15) is 0 Å². The molecule has 2 radical (unpaired) electrons. The summed E-state index contributed by atoms with van der Waals surface area (Å²) in [6.45, 7) is 0.00931. The van der Waals surface area contributed by atoms with Gasteiger partial charge in [-0.2, -0.15) is 0 Å². The van der Waals surface area contributed by atoms with E-state index in [0.717, 1.165) is 0 Å². The molecule has 0 fully saturated rings. The molecule has 10 heavy (non-hydrogen) atoms. The summed E-state index contributed by atoms with van der Waals surface area (Å²) < 4.78 is 13.7. The second kappa shape index (κ2) is 9.16. The summed E-state index contributed by atoms with van der Waals surface area (Å²) in [6, 6.07) is 0. The molecule has 0 rings (SSSR count). The molecule has 0 aliphatic heterocycles. The monoisotopic (exact) mass is 187 g/mol. The normalized spacial score (nSPS) is 9.50. The van der Waals surface area contributed by atoms with Crippen molar-refractivity contribution >= 4 is 66.9 Å². The number of phosphoric ester groups is 1. The van der Waals surface area contributed by atoms with Crippen LogP contribution in [0.5, 0.6) is 0 Å². The molecule has 5 nitrogen and oxygen atoms in total. The Morgan fingerprint density at radius 1 is 1.40 bits per heavy atom. The average molecular weight is 187 g/mol. The number of rotatable bonds is 3. The van der Waals surface area contributed by atoms with Gasteiger partial charge in [0.25, 0.3) is 0 Å². The topological polar surface area (TPSA) is 92.8 Å². The van der Waals surface area contributed by atoms with Gasteiger partial charge in [0.05, 0.1) is 6.61 Å². The summed E-state index contributed by atoms with van der Waals surface area (Å²) in [5.74, 6) is 0. The van der Waals surface area contributed by atoms with Gasteiger partial charge in [0.2, 0.25) is 0 Å². The second-order valence-corrected chi connectivity index (χ2v) is 2.35. The smallest absolute Gasteiger partial charge is 0.328 e. The van der Waals surface area contributed by atoms with Crippen LogP contribution in [0.3, 0.4) is 0 Å². The summed E-state index contributed by atoms with van der Waals surface area (Å²) in [5, 5.41) is 0. The van der Waals surface area contributed by atoms with Crippen molar-refractivity contribution in [3.8, 4) is 0 Å². The van der Waals surface area contributed by atoms with Crippen LogP contribution >= 0.6 is 7.82 Å². The van der Waals surface area contributed by atoms with Gasteiger partial charge >= 0.3 is 7.82 Å². The van der Waals surface area contributed by atoms with Gasteiger partial charge in [0.1, 0.15) is 0 Å². The van der Waals surface area contributed by atoms with Crippen molar-refractivity contribution in [3.63, 3.8) is 0 Å². The number of hydrogen-bond donors (Lipinski definition) is 3. The van der Waals surface area contributed by atoms with Gasteiger partial charge in [-0.15, -0.1) is 0 Å². The fraction of sp³-hybridized carbons (Fsp3) is 1.00. The van der Waals surface area contributed by atoms with Gasteiger partial charge in [0.15, 0.2) is 0 Å². The van der Waals surface area contributed by atoms with E-state index in [2.05, 4.69) is 4.52 Å². The van der Waals surface area contributed by atoms with Crippen LogP contribution in [0.15, 0.2) is 0 Å². The molecule has 0 spiro atoms. The van der Waals surface area contributed by atoms with Crippen molar-refractivity contribution in [3.05, 3.63) is 0 Å². The maximum Gasteiger partial charge on any atom is 0.469 e. The minimum absolute atomic E-state index is 0. The molecular weight excluding hydrogens is 179 g/mol. The molecule has 52 valence electrons. The summed E-state index contributed by atoms with van der Waals surface area (Å²) in [6.07, 6.45) is 0. The quantitative estimate of drug-likeness (QED) is 0.361. The van der Waals surface area contributed by atoms with Crippen molar-refractivity contribution in [2.45, 2.75) is 0 Å². The third kappa shape index (κ3) is 16.6. The second-order valence-electron chi connectivity index (χ2n) is 1.11. The first-order chi connectivity index (χ1) is 3.56. The molecule has 0 aromatic rings. The fourth-order valence-electron chi connectivity index (χ4n) is 0.172. The molecule has 0 bridgehead atoms. The molecule has 0 amide bonds. The van der Waals surface area contributed by atoms with Crippen molar-refractivity contribution in [2.75, 3.05) is 13.2 Å². The molecule has 0 heterocycles. The molecule has 0 aromatic heterocycles. The van der Waals surface area contributed by atoms with Gasteiger partial charge in [-0.05, 0) is 0 Å². The molecule has 0 aromatic carbocycles. The number of phosphoric acid groups is 1. The Morgan fingerprint density at radius 2 is 1.80 bits per heavy atom. The van der Waals surface area contributed by atoms with Crippen LogP contribution in [0.25, 0.3) is 0 Å². The van der Waals surface area contributed by atoms with E-state index in [9.17, 15) is 4.57 Å². The summed E-state index contributed by atoms with van der Waals surface area (Å²) in [7, 11) is -4.26. The van der Waals surface area contributed by atoms with E-state index >= 15 is 0 Å². The molecular formula is C2H8NNa2O4P. The van der Waals surface area contributed by atoms with E-state index in [1.54, 1.807) is 0 Å². The Morgan fingerprint density at radius 3 is 1.90 bits per heavy atom. The minimum Gasteiger partial charge on any atom is -0.328 e. The molecule has 0 unspecified atom stereocenters. The molecule has 0 aliphatic rings. The number of nitrogens with two attached hydrogens (primary N) is 1. The summed E-state index contributed by atoms with van der Waals surface area (Å²) in [4.78, 5) is 16.0. The first kappa shape index (κ1) is 18.0. The SMILES string of the molecule is NCCOP(=O)(O)O.[Na].[Na]. The molecule has 0 aliphatic carbocycles. The standard InChI is InChI=1S/C2H8NO4P.2Na/c3-1-2-7-8(4,5)6;;/h1-3H2,(H2,4,5,6);;. The van der Waals surface area contributed by atoms with Crippen LogP contribution in [-0.2, 0) is 9.09 Å². The Balaban J connectivity index is -0.000000245. The fourth-order valence-corrected chi connectivity index (χ4v) is 0.515. The van der Waals surface area contributed by atoms with Gasteiger partial charge < -0.3 is 15.5 Å². The van der Waals surface area contributed by atoms with Gasteiger partial charge in [-0.1, -0.05) is 0 Å². The maximum absolute atomic E-state index is 9.81. The van der Waals surface area contributed by atoms with E-state index in [4.69, 9.17) is 15.5 Å². The van der Waals surface area contributed by atoms with E-state index in [1.807, 2.05) is 0 Å². The summed E-state index contributed by atoms with van der Waals surface area (Å²) in [5.41, 5.74) is 4.87. The predicted octanol–water partition coefficient (Wildman–Crippen LogP) is -1.71. The van der Waals surface area contributed by atoms with Crippen LogP contribution in [0.4, 0.5) is 0 Å². The Kier molecular flexibility index (Phi) is 16.5. The first-order valence-electron chi connectivity index (χ1n) is 1.96. The summed E-state index contributed by atoms with van der Waals surface area (Å²) >= 11 is 0. The molecule has 0 saturated carbocycles. The zero-order chi connectivity index (χ0) is 6.62. The van der Waals surface area contributed by atoms with E-state index in [0.29, 0.717) is 0 Å². The zero-order valence-electron chi connectivity index (χ0n) is 6.15. The van der Waals surface area contributed by atoms with Crippen LogP contribution in [0, 0.1) is 0 Å². The van der Waals surface area contributed by atoms with E-state index in [1.165, 1.54) is 0 Å². The average Bonchev–Trinajstić information content (AvgIpc) is 1.59. The van der Waals surface area contributed by atoms with E-state index < -0.39 is 7.82 Å². The van der Waals surface area contributed by atoms with Crippen LogP contribution in [-0.4, -0.2) is 82.1 Å². The van der Waals surface area contributed by atoms with Gasteiger partial charge in [-0.3, -0.25) is 4.52 Å². The van der Waals surface area contributed by atoms with Crippen LogP contribution in [0.2, 0.25) is 0 Å². The number of hydrogen-bond acceptors (Lipinski definition) is 3. The Hall–Kier alpha value is 2.07. The van der Waals surface area contributed by atoms with Crippen LogP contribution < -0.4 is 5.73 Å². The van der Waals surface area contributed by atoms with Crippen molar-refractivity contribution in [1.29, 1.82) is 0 Å². The van der Waals surface area contributed by atoms with Crippen molar-refractivity contribution < 1.29 is 18.9 Å². The van der Waals surface area contributed by atoms with E-state index in [-0.39, 0.29) is 72.3 Å². The largest absolute Gasteiger partial charge is 0.469 e. The van der Waals surface area contributed by atoms with Gasteiger partial charge in [0, 0.05) is 65.7 Å². The minimum atomic E-state index is -4.26. The maximum atomic E-state index is 9.81. The molecule has 4 N–H and O–H groups in total.